The minimum absolute atomic E-state index is 0.235. The minimum atomic E-state index is 0.235. The summed E-state index contributed by atoms with van der Waals surface area (Å²) in [6.45, 7) is 2.36. The first-order valence-electron chi connectivity index (χ1n) is 6.60. The third kappa shape index (κ3) is 3.26. The van der Waals surface area contributed by atoms with Crippen molar-refractivity contribution in [3.05, 3.63) is 29.8 Å². The Labute approximate surface area is 109 Å². The van der Waals surface area contributed by atoms with Crippen molar-refractivity contribution >= 4 is 11.8 Å². The Morgan fingerprint density at radius 2 is 1.71 bits per heavy atom. The maximum absolute atomic E-state index is 6.40. The SMILES string of the molecule is CSc1ccc(C(N)C2CCC(C)CC2)cc1. The van der Waals surface area contributed by atoms with E-state index in [-0.39, 0.29) is 6.04 Å². The van der Waals surface area contributed by atoms with Gasteiger partial charge in [0.2, 0.25) is 0 Å². The van der Waals surface area contributed by atoms with E-state index >= 15 is 0 Å². The summed E-state index contributed by atoms with van der Waals surface area (Å²) in [5.74, 6) is 1.59. The van der Waals surface area contributed by atoms with Crippen molar-refractivity contribution in [2.45, 2.75) is 43.5 Å². The van der Waals surface area contributed by atoms with Gasteiger partial charge in [0.15, 0.2) is 0 Å². The Kier molecular flexibility index (Phi) is 4.52. The second-order valence-electron chi connectivity index (χ2n) is 5.32. The van der Waals surface area contributed by atoms with E-state index in [4.69, 9.17) is 5.73 Å². The van der Waals surface area contributed by atoms with Crippen molar-refractivity contribution in [1.82, 2.24) is 0 Å². The van der Waals surface area contributed by atoms with E-state index in [1.165, 1.54) is 36.1 Å². The quantitative estimate of drug-likeness (QED) is 0.811. The molecule has 2 N–H and O–H groups in total. The Balaban J connectivity index is 2.00. The monoisotopic (exact) mass is 249 g/mol. The molecule has 0 aromatic heterocycles. The van der Waals surface area contributed by atoms with Gasteiger partial charge in [-0.25, -0.2) is 0 Å². The van der Waals surface area contributed by atoms with E-state index in [1.54, 1.807) is 11.8 Å². The van der Waals surface area contributed by atoms with Gasteiger partial charge in [0, 0.05) is 10.9 Å². The summed E-state index contributed by atoms with van der Waals surface area (Å²) in [5.41, 5.74) is 7.71. The molecule has 0 radical (unpaired) electrons. The van der Waals surface area contributed by atoms with Crippen molar-refractivity contribution in [1.29, 1.82) is 0 Å². The van der Waals surface area contributed by atoms with Crippen molar-refractivity contribution < 1.29 is 0 Å². The fraction of sp³-hybridized carbons (Fsp3) is 0.600. The normalized spacial score (nSPS) is 26.8. The highest BCUT2D eigenvalue weighted by Crippen LogP contribution is 2.35. The van der Waals surface area contributed by atoms with E-state index in [9.17, 15) is 0 Å². The number of thioether (sulfide) groups is 1. The van der Waals surface area contributed by atoms with Crippen LogP contribution in [0.1, 0.15) is 44.2 Å². The van der Waals surface area contributed by atoms with Crippen LogP contribution in [0.2, 0.25) is 0 Å². The summed E-state index contributed by atoms with van der Waals surface area (Å²) in [6.07, 6.45) is 7.40. The molecule has 1 aromatic carbocycles. The van der Waals surface area contributed by atoms with Gasteiger partial charge in [-0.2, -0.15) is 0 Å². The molecular weight excluding hydrogens is 226 g/mol. The van der Waals surface area contributed by atoms with Crippen LogP contribution in [0.4, 0.5) is 0 Å². The maximum Gasteiger partial charge on any atom is 0.0323 e. The molecule has 0 saturated heterocycles. The van der Waals surface area contributed by atoms with Crippen LogP contribution < -0.4 is 5.73 Å². The van der Waals surface area contributed by atoms with Gasteiger partial charge in [-0.1, -0.05) is 31.9 Å². The summed E-state index contributed by atoms with van der Waals surface area (Å²) in [7, 11) is 0. The smallest absolute Gasteiger partial charge is 0.0323 e. The molecule has 0 bridgehead atoms. The topological polar surface area (TPSA) is 26.0 Å². The fourth-order valence-electron chi connectivity index (χ4n) is 2.74. The maximum atomic E-state index is 6.40. The molecule has 1 saturated carbocycles. The highest BCUT2D eigenvalue weighted by molar-refractivity contribution is 7.98. The van der Waals surface area contributed by atoms with Crippen LogP contribution in [-0.2, 0) is 0 Å². The lowest BCUT2D eigenvalue weighted by atomic mass is 9.78. The predicted molar refractivity (Wildman–Crippen MR) is 76.3 cm³/mol. The molecule has 2 heteroatoms. The first-order chi connectivity index (χ1) is 8.20. The van der Waals surface area contributed by atoms with Crippen LogP contribution in [0.25, 0.3) is 0 Å². The molecule has 0 spiro atoms. The Hall–Kier alpha value is -0.470. The molecule has 1 atom stereocenters. The zero-order valence-corrected chi connectivity index (χ0v) is 11.7. The Morgan fingerprint density at radius 3 is 2.24 bits per heavy atom. The Morgan fingerprint density at radius 1 is 1.12 bits per heavy atom. The van der Waals surface area contributed by atoms with Crippen LogP contribution >= 0.6 is 11.8 Å². The zero-order chi connectivity index (χ0) is 12.3. The minimum Gasteiger partial charge on any atom is -0.324 e. The third-order valence-electron chi connectivity index (χ3n) is 4.07. The van der Waals surface area contributed by atoms with Gasteiger partial charge in [-0.3, -0.25) is 0 Å². The van der Waals surface area contributed by atoms with Crippen molar-refractivity contribution in [3.63, 3.8) is 0 Å². The third-order valence-corrected chi connectivity index (χ3v) is 4.81. The molecule has 1 aliphatic rings. The van der Waals surface area contributed by atoms with E-state index in [0.717, 1.165) is 5.92 Å². The standard InChI is InChI=1S/C15H23NS/c1-11-3-5-12(6-4-11)15(16)13-7-9-14(17-2)10-8-13/h7-12,15H,3-6,16H2,1-2H3. The van der Waals surface area contributed by atoms with Gasteiger partial charge in [0.25, 0.3) is 0 Å². The summed E-state index contributed by atoms with van der Waals surface area (Å²) in [6, 6.07) is 9.01. The first-order valence-corrected chi connectivity index (χ1v) is 7.82. The van der Waals surface area contributed by atoms with Gasteiger partial charge in [0.1, 0.15) is 0 Å². The molecule has 0 heterocycles. The van der Waals surface area contributed by atoms with Crippen molar-refractivity contribution in [2.24, 2.45) is 17.6 Å². The van der Waals surface area contributed by atoms with Crippen LogP contribution in [-0.4, -0.2) is 6.26 Å². The van der Waals surface area contributed by atoms with Gasteiger partial charge in [-0.05, 0) is 48.6 Å². The van der Waals surface area contributed by atoms with Crippen LogP contribution in [0, 0.1) is 11.8 Å². The highest BCUT2D eigenvalue weighted by Gasteiger charge is 2.24. The number of hydrogen-bond acceptors (Lipinski definition) is 2. The lowest BCUT2D eigenvalue weighted by Gasteiger charge is -2.30. The molecule has 1 unspecified atom stereocenters. The number of benzene rings is 1. The molecule has 1 nitrogen and oxygen atoms in total. The zero-order valence-electron chi connectivity index (χ0n) is 10.9. The molecular formula is C15H23NS. The van der Waals surface area contributed by atoms with E-state index in [2.05, 4.69) is 37.4 Å². The van der Waals surface area contributed by atoms with Crippen LogP contribution in [0.5, 0.6) is 0 Å². The van der Waals surface area contributed by atoms with Gasteiger partial charge < -0.3 is 5.73 Å². The lowest BCUT2D eigenvalue weighted by Crippen LogP contribution is -2.25. The molecule has 2 rings (SSSR count). The van der Waals surface area contributed by atoms with Crippen LogP contribution in [0.3, 0.4) is 0 Å². The molecule has 0 aliphatic heterocycles. The second kappa shape index (κ2) is 5.92. The molecule has 0 amide bonds. The molecule has 94 valence electrons. The first kappa shape index (κ1) is 13.0. The van der Waals surface area contributed by atoms with Gasteiger partial charge in [-0.15, -0.1) is 11.8 Å². The van der Waals surface area contributed by atoms with E-state index < -0.39 is 0 Å². The molecule has 17 heavy (non-hydrogen) atoms. The summed E-state index contributed by atoms with van der Waals surface area (Å²) < 4.78 is 0. The molecule has 1 aliphatic carbocycles. The van der Waals surface area contributed by atoms with Crippen molar-refractivity contribution in [3.8, 4) is 0 Å². The average Bonchev–Trinajstić information content (AvgIpc) is 2.39. The largest absolute Gasteiger partial charge is 0.324 e. The number of rotatable bonds is 3. The van der Waals surface area contributed by atoms with Crippen molar-refractivity contribution in [2.75, 3.05) is 6.26 Å². The van der Waals surface area contributed by atoms with E-state index in [0.29, 0.717) is 5.92 Å². The second-order valence-corrected chi connectivity index (χ2v) is 6.20. The van der Waals surface area contributed by atoms with Crippen LogP contribution in [0.15, 0.2) is 29.2 Å². The summed E-state index contributed by atoms with van der Waals surface area (Å²) >= 11 is 1.78. The van der Waals surface area contributed by atoms with Gasteiger partial charge in [0.05, 0.1) is 0 Å². The van der Waals surface area contributed by atoms with E-state index in [1.807, 2.05) is 0 Å². The number of nitrogens with two attached hydrogens (primary N) is 1. The summed E-state index contributed by atoms with van der Waals surface area (Å²) in [4.78, 5) is 1.32. The highest BCUT2D eigenvalue weighted by atomic mass is 32.2. The Bertz CT molecular complexity index is 338. The fourth-order valence-corrected chi connectivity index (χ4v) is 3.15. The summed E-state index contributed by atoms with van der Waals surface area (Å²) in [5, 5.41) is 0. The molecule has 1 fully saturated rings. The number of hydrogen-bond donors (Lipinski definition) is 1. The lowest BCUT2D eigenvalue weighted by molar-refractivity contribution is 0.256. The van der Waals surface area contributed by atoms with Gasteiger partial charge >= 0.3 is 0 Å². The predicted octanol–water partition coefficient (Wildman–Crippen LogP) is 4.23. The molecule has 1 aromatic rings. The average molecular weight is 249 g/mol.